The lowest BCUT2D eigenvalue weighted by Crippen LogP contribution is -2.51. The van der Waals surface area contributed by atoms with Crippen LogP contribution in [0.25, 0.3) is 10.8 Å². The van der Waals surface area contributed by atoms with Crippen LogP contribution in [-0.4, -0.2) is 67.7 Å². The van der Waals surface area contributed by atoms with Crippen molar-refractivity contribution in [2.75, 3.05) is 20.8 Å². The number of aryl methyl sites for hydroxylation is 1. The van der Waals surface area contributed by atoms with E-state index in [0.717, 1.165) is 16.3 Å². The summed E-state index contributed by atoms with van der Waals surface area (Å²) in [5, 5.41) is 14.4. The van der Waals surface area contributed by atoms with E-state index in [9.17, 15) is 27.6 Å². The van der Waals surface area contributed by atoms with Gasteiger partial charge in [-0.2, -0.15) is 13.2 Å². The summed E-state index contributed by atoms with van der Waals surface area (Å²) in [6, 6.07) is 12.2. The second-order valence-electron chi connectivity index (χ2n) is 7.41. The van der Waals surface area contributed by atoms with Crippen LogP contribution in [0.5, 0.6) is 0 Å². The van der Waals surface area contributed by atoms with Crippen LogP contribution >= 0.6 is 0 Å². The number of ether oxygens (including phenoxy) is 1. The van der Waals surface area contributed by atoms with Crippen LogP contribution in [0.2, 0.25) is 0 Å². The summed E-state index contributed by atoms with van der Waals surface area (Å²) in [4.78, 5) is 45.1. The van der Waals surface area contributed by atoms with E-state index in [0.29, 0.717) is 6.42 Å². The van der Waals surface area contributed by atoms with Crippen LogP contribution in [0.3, 0.4) is 0 Å². The van der Waals surface area contributed by atoms with Gasteiger partial charge in [-0.05, 0) is 22.8 Å². The van der Waals surface area contributed by atoms with Crippen molar-refractivity contribution < 1.29 is 42.2 Å². The number of hydrogen-bond donors (Lipinski definition) is 4. The van der Waals surface area contributed by atoms with E-state index in [1.165, 1.54) is 14.2 Å². The maximum atomic E-state index is 12.7. The molecule has 35 heavy (non-hydrogen) atoms. The molecule has 0 fully saturated rings. The van der Waals surface area contributed by atoms with Gasteiger partial charge in [-0.3, -0.25) is 14.4 Å². The molecule has 192 valence electrons. The molecule has 2 amide bonds. The summed E-state index contributed by atoms with van der Waals surface area (Å²) < 4.78 is 36.8. The van der Waals surface area contributed by atoms with E-state index in [-0.39, 0.29) is 31.1 Å². The fraction of sp³-hybridized carbons (Fsp3) is 0.391. The fourth-order valence-corrected chi connectivity index (χ4v) is 3.00. The first-order valence-corrected chi connectivity index (χ1v) is 10.5. The maximum Gasteiger partial charge on any atom is 0.490 e. The molecule has 0 heterocycles. The summed E-state index contributed by atoms with van der Waals surface area (Å²) in [6.45, 7) is 0.0484. The Morgan fingerprint density at radius 1 is 1.09 bits per heavy atom. The molecular weight excluding hydrogens is 471 g/mol. The van der Waals surface area contributed by atoms with Crippen LogP contribution in [0, 0.1) is 0 Å². The van der Waals surface area contributed by atoms with Crippen molar-refractivity contribution in [3.8, 4) is 0 Å². The van der Waals surface area contributed by atoms with Gasteiger partial charge >= 0.3 is 12.1 Å². The summed E-state index contributed by atoms with van der Waals surface area (Å²) >= 11 is 0. The number of alkyl halides is 3. The largest absolute Gasteiger partial charge is 0.490 e. The van der Waals surface area contributed by atoms with Gasteiger partial charge in [-0.15, -0.1) is 0 Å². The number of nitrogens with two attached hydrogens (primary N) is 1. The Morgan fingerprint density at radius 2 is 1.69 bits per heavy atom. The number of benzene rings is 2. The van der Waals surface area contributed by atoms with Crippen LogP contribution in [-0.2, 0) is 30.3 Å². The van der Waals surface area contributed by atoms with E-state index >= 15 is 0 Å². The Kier molecular flexibility index (Phi) is 11.8. The molecule has 9 nitrogen and oxygen atoms in total. The molecule has 0 aliphatic carbocycles. The topological polar surface area (TPSA) is 148 Å². The van der Waals surface area contributed by atoms with E-state index < -0.39 is 30.1 Å². The molecule has 5 N–H and O–H groups in total. The lowest BCUT2D eigenvalue weighted by Gasteiger charge is -2.19. The van der Waals surface area contributed by atoms with Gasteiger partial charge in [0.05, 0.1) is 19.1 Å². The Morgan fingerprint density at radius 3 is 2.26 bits per heavy atom. The number of nitrogens with one attached hydrogen (secondary N) is 2. The van der Waals surface area contributed by atoms with Gasteiger partial charge in [0.2, 0.25) is 11.8 Å². The molecule has 0 unspecified atom stereocenters. The van der Waals surface area contributed by atoms with Gasteiger partial charge in [0.15, 0.2) is 5.78 Å². The van der Waals surface area contributed by atoms with Crippen molar-refractivity contribution >= 4 is 34.3 Å². The Balaban J connectivity index is 0.000000762. The Labute approximate surface area is 199 Å². The normalized spacial score (nSPS) is 12.6. The number of aliphatic carboxylic acids is 1. The van der Waals surface area contributed by atoms with Gasteiger partial charge in [0.1, 0.15) is 6.04 Å². The van der Waals surface area contributed by atoms with Crippen molar-refractivity contribution in [2.24, 2.45) is 5.73 Å². The predicted octanol–water partition coefficient (Wildman–Crippen LogP) is 1.57. The average molecular weight is 499 g/mol. The zero-order valence-electron chi connectivity index (χ0n) is 19.2. The third-order valence-electron chi connectivity index (χ3n) is 4.82. The highest BCUT2D eigenvalue weighted by Crippen LogP contribution is 2.20. The number of hydrogen-bond acceptors (Lipinski definition) is 6. The summed E-state index contributed by atoms with van der Waals surface area (Å²) in [5.41, 5.74) is 6.81. The average Bonchev–Trinajstić information content (AvgIpc) is 2.81. The highest BCUT2D eigenvalue weighted by Gasteiger charge is 2.38. The summed E-state index contributed by atoms with van der Waals surface area (Å²) in [5.74, 6) is -3.79. The van der Waals surface area contributed by atoms with Crippen molar-refractivity contribution in [1.29, 1.82) is 0 Å². The Hall–Kier alpha value is -3.51. The zero-order valence-corrected chi connectivity index (χ0v) is 19.2. The number of rotatable bonds is 10. The van der Waals surface area contributed by atoms with Crippen LogP contribution < -0.4 is 16.4 Å². The molecule has 2 aromatic rings. The number of fused-ring (bicyclic) bond motifs is 1. The number of Topliss-reactive ketones (excluding diaryl/α,β-unsaturated/α-hetero) is 1. The summed E-state index contributed by atoms with van der Waals surface area (Å²) in [7, 11) is 2.93. The molecule has 0 aliphatic rings. The van der Waals surface area contributed by atoms with E-state index in [1.54, 1.807) is 0 Å². The van der Waals surface area contributed by atoms with Crippen molar-refractivity contribution in [3.63, 3.8) is 0 Å². The minimum atomic E-state index is -5.08. The lowest BCUT2D eigenvalue weighted by atomic mass is 9.98. The first kappa shape index (κ1) is 29.5. The number of methoxy groups -OCH3 is 1. The summed E-state index contributed by atoms with van der Waals surface area (Å²) in [6.07, 6.45) is -4.42. The molecule has 2 rings (SSSR count). The quantitative estimate of drug-likeness (QED) is 0.388. The van der Waals surface area contributed by atoms with Gasteiger partial charge in [-0.25, -0.2) is 4.79 Å². The number of carboxylic acid groups (broad SMARTS) is 1. The number of carbonyl (C=O) groups excluding carboxylic acids is 3. The second-order valence-corrected chi connectivity index (χ2v) is 7.41. The van der Waals surface area contributed by atoms with Crippen LogP contribution in [0.4, 0.5) is 13.2 Å². The number of carboxylic acids is 1. The SMILES string of the molecule is CNC(=O)C[C@H](N)C(=O)N[C@@H](COC)C(=O)CCc1cccc2ccccc12.O=C(O)C(F)(F)F. The third-order valence-corrected chi connectivity index (χ3v) is 4.82. The van der Waals surface area contributed by atoms with Gasteiger partial charge in [0.25, 0.3) is 0 Å². The first-order chi connectivity index (χ1) is 16.4. The van der Waals surface area contributed by atoms with Gasteiger partial charge < -0.3 is 26.2 Å². The molecule has 2 atom stereocenters. The first-order valence-electron chi connectivity index (χ1n) is 10.5. The van der Waals surface area contributed by atoms with E-state index in [2.05, 4.69) is 10.6 Å². The van der Waals surface area contributed by atoms with Gasteiger partial charge in [0, 0.05) is 20.6 Å². The molecule has 0 saturated carbocycles. The highest BCUT2D eigenvalue weighted by atomic mass is 19.4. The number of carbonyl (C=O) groups is 4. The molecule has 0 aromatic heterocycles. The van der Waals surface area contributed by atoms with Crippen molar-refractivity contribution in [3.05, 3.63) is 48.0 Å². The smallest absolute Gasteiger partial charge is 0.475 e. The number of halogens is 3. The van der Waals surface area contributed by atoms with Crippen LogP contribution in [0.15, 0.2) is 42.5 Å². The fourth-order valence-electron chi connectivity index (χ4n) is 3.00. The Bertz CT molecular complexity index is 1020. The predicted molar refractivity (Wildman–Crippen MR) is 121 cm³/mol. The third kappa shape index (κ3) is 10.1. The monoisotopic (exact) mass is 499 g/mol. The highest BCUT2D eigenvalue weighted by molar-refractivity contribution is 5.93. The molecule has 0 saturated heterocycles. The van der Waals surface area contributed by atoms with E-state index in [1.807, 2.05) is 42.5 Å². The molecule has 0 bridgehead atoms. The molecule has 12 heteroatoms. The van der Waals surface area contributed by atoms with Gasteiger partial charge in [-0.1, -0.05) is 42.5 Å². The van der Waals surface area contributed by atoms with Crippen LogP contribution in [0.1, 0.15) is 18.4 Å². The van der Waals surface area contributed by atoms with Crippen molar-refractivity contribution in [2.45, 2.75) is 37.5 Å². The molecule has 2 aromatic carbocycles. The maximum absolute atomic E-state index is 12.7. The minimum absolute atomic E-state index is 0.0484. The van der Waals surface area contributed by atoms with E-state index in [4.69, 9.17) is 20.4 Å². The number of amides is 2. The zero-order chi connectivity index (χ0) is 26.6. The molecule has 0 aliphatic heterocycles. The molecule has 0 radical (unpaired) electrons. The van der Waals surface area contributed by atoms with Crippen molar-refractivity contribution in [1.82, 2.24) is 10.6 Å². The minimum Gasteiger partial charge on any atom is -0.475 e. The lowest BCUT2D eigenvalue weighted by molar-refractivity contribution is -0.192. The second kappa shape index (κ2) is 14.0. The molecule has 0 spiro atoms. The number of ketones is 1. The molecular formula is C23H28F3N3O6. The standard InChI is InChI=1S/C21H27N3O4.C2HF3O2/c1-23-20(26)12-17(22)21(27)24-18(13-28-2)19(25)11-10-15-8-5-7-14-6-3-4-9-16(14)15;3-2(4,5)1(6)7/h3-9,17-18H,10-13,22H2,1-2H3,(H,23,26)(H,24,27);(H,6,7)/t17-,18-;/m0./s1.